The number of amides is 1. The van der Waals surface area contributed by atoms with E-state index in [1.165, 1.54) is 0 Å². The van der Waals surface area contributed by atoms with Gasteiger partial charge in [0.2, 0.25) is 0 Å². The fourth-order valence-corrected chi connectivity index (χ4v) is 2.03. The minimum atomic E-state index is -0.856. The number of rotatable bonds is 6. The molecule has 5 heteroatoms. The molecule has 1 unspecified atom stereocenters. The van der Waals surface area contributed by atoms with Crippen molar-refractivity contribution < 1.29 is 14.7 Å². The molecule has 2 aromatic rings. The summed E-state index contributed by atoms with van der Waals surface area (Å²) < 4.78 is 1.92. The molecule has 0 fully saturated rings. The fraction of sp³-hybridized carbons (Fsp3) is 0.250. The van der Waals surface area contributed by atoms with Gasteiger partial charge in [-0.05, 0) is 43.7 Å². The lowest BCUT2D eigenvalue weighted by molar-refractivity contribution is -0.137. The molecule has 0 aliphatic carbocycles. The lowest BCUT2D eigenvalue weighted by Gasteiger charge is -2.13. The monoisotopic (exact) mass is 286 g/mol. The molecule has 2 N–H and O–H groups in total. The van der Waals surface area contributed by atoms with E-state index in [0.717, 1.165) is 5.69 Å². The first kappa shape index (κ1) is 14.8. The van der Waals surface area contributed by atoms with Gasteiger partial charge in [0.25, 0.3) is 5.91 Å². The van der Waals surface area contributed by atoms with Gasteiger partial charge in [0.15, 0.2) is 0 Å². The molecule has 0 aliphatic rings. The van der Waals surface area contributed by atoms with Crippen molar-refractivity contribution in [1.82, 2.24) is 9.88 Å². The third-order valence-corrected chi connectivity index (χ3v) is 3.18. The van der Waals surface area contributed by atoms with E-state index in [9.17, 15) is 9.59 Å². The van der Waals surface area contributed by atoms with Crippen molar-refractivity contribution in [1.29, 1.82) is 0 Å². The summed E-state index contributed by atoms with van der Waals surface area (Å²) in [6.07, 6.45) is 4.28. The number of nitrogens with zero attached hydrogens (tertiary/aromatic N) is 1. The summed E-state index contributed by atoms with van der Waals surface area (Å²) in [5, 5.41) is 11.5. The molecule has 0 spiro atoms. The Morgan fingerprint density at radius 1 is 1.24 bits per heavy atom. The van der Waals surface area contributed by atoms with Crippen LogP contribution in [0.2, 0.25) is 0 Å². The Bertz CT molecular complexity index is 620. The SMILES string of the molecule is CC(CCC(=O)O)NC(=O)c1cccc(-n2cccc2)c1. The van der Waals surface area contributed by atoms with E-state index in [0.29, 0.717) is 12.0 Å². The average molecular weight is 286 g/mol. The van der Waals surface area contributed by atoms with Crippen LogP contribution in [0.1, 0.15) is 30.1 Å². The van der Waals surface area contributed by atoms with Gasteiger partial charge in [0.05, 0.1) is 0 Å². The number of carbonyl (C=O) groups is 2. The van der Waals surface area contributed by atoms with E-state index >= 15 is 0 Å². The van der Waals surface area contributed by atoms with E-state index in [-0.39, 0.29) is 18.4 Å². The molecule has 1 aromatic carbocycles. The molecule has 0 saturated carbocycles. The Kier molecular flexibility index (Phi) is 4.77. The largest absolute Gasteiger partial charge is 0.481 e. The first-order valence-electron chi connectivity index (χ1n) is 6.82. The van der Waals surface area contributed by atoms with Crippen LogP contribution in [0.5, 0.6) is 0 Å². The number of aliphatic carboxylic acids is 1. The minimum absolute atomic E-state index is 0.0465. The van der Waals surface area contributed by atoms with Gasteiger partial charge in [-0.2, -0.15) is 0 Å². The van der Waals surface area contributed by atoms with Crippen LogP contribution in [0.4, 0.5) is 0 Å². The topological polar surface area (TPSA) is 71.3 Å². The summed E-state index contributed by atoms with van der Waals surface area (Å²) in [6, 6.07) is 11.0. The predicted molar refractivity (Wildman–Crippen MR) is 79.6 cm³/mol. The summed E-state index contributed by atoms with van der Waals surface area (Å²) in [7, 11) is 0. The van der Waals surface area contributed by atoms with Gasteiger partial charge < -0.3 is 15.0 Å². The van der Waals surface area contributed by atoms with Gasteiger partial charge >= 0.3 is 5.97 Å². The molecule has 1 heterocycles. The highest BCUT2D eigenvalue weighted by molar-refractivity contribution is 5.94. The van der Waals surface area contributed by atoms with Crippen LogP contribution in [0.3, 0.4) is 0 Å². The Balaban J connectivity index is 2.03. The van der Waals surface area contributed by atoms with Crippen LogP contribution in [0.25, 0.3) is 5.69 Å². The van der Waals surface area contributed by atoms with Crippen LogP contribution >= 0.6 is 0 Å². The number of carboxylic acids is 1. The van der Waals surface area contributed by atoms with Gasteiger partial charge in [-0.25, -0.2) is 0 Å². The number of hydrogen-bond donors (Lipinski definition) is 2. The van der Waals surface area contributed by atoms with Gasteiger partial charge in [-0.1, -0.05) is 6.07 Å². The zero-order valence-corrected chi connectivity index (χ0v) is 11.8. The first-order valence-corrected chi connectivity index (χ1v) is 6.82. The van der Waals surface area contributed by atoms with Crippen molar-refractivity contribution in [3.8, 4) is 5.69 Å². The molecule has 1 atom stereocenters. The summed E-state index contributed by atoms with van der Waals surface area (Å²) >= 11 is 0. The van der Waals surface area contributed by atoms with Crippen molar-refractivity contribution >= 4 is 11.9 Å². The molecule has 1 aromatic heterocycles. The molecule has 5 nitrogen and oxygen atoms in total. The second kappa shape index (κ2) is 6.74. The first-order chi connectivity index (χ1) is 10.1. The summed E-state index contributed by atoms with van der Waals surface area (Å²) in [6.45, 7) is 1.80. The third kappa shape index (κ3) is 4.21. The molecule has 1 amide bonds. The summed E-state index contributed by atoms with van der Waals surface area (Å²) in [4.78, 5) is 22.7. The molecule has 0 aliphatic heterocycles. The van der Waals surface area contributed by atoms with Crippen LogP contribution < -0.4 is 5.32 Å². The third-order valence-electron chi connectivity index (χ3n) is 3.18. The van der Waals surface area contributed by atoms with Crippen LogP contribution in [0, 0.1) is 0 Å². The normalized spacial score (nSPS) is 11.9. The second-order valence-corrected chi connectivity index (χ2v) is 4.95. The van der Waals surface area contributed by atoms with E-state index in [4.69, 9.17) is 5.11 Å². The van der Waals surface area contributed by atoms with Gasteiger partial charge in [0.1, 0.15) is 0 Å². The second-order valence-electron chi connectivity index (χ2n) is 4.95. The van der Waals surface area contributed by atoms with Crippen LogP contribution in [0.15, 0.2) is 48.8 Å². The maximum atomic E-state index is 12.2. The molecule has 2 rings (SSSR count). The van der Waals surface area contributed by atoms with Gasteiger partial charge in [0, 0.05) is 36.1 Å². The number of carboxylic acid groups (broad SMARTS) is 1. The standard InChI is InChI=1S/C16H18N2O3/c1-12(7-8-15(19)20)17-16(21)13-5-4-6-14(11-13)18-9-2-3-10-18/h2-6,9-12H,7-8H2,1H3,(H,17,21)(H,19,20). The van der Waals surface area contributed by atoms with Gasteiger partial charge in [-0.15, -0.1) is 0 Å². The molecule has 21 heavy (non-hydrogen) atoms. The average Bonchev–Trinajstić information content (AvgIpc) is 2.99. The van der Waals surface area contributed by atoms with Crippen LogP contribution in [-0.2, 0) is 4.79 Å². The lowest BCUT2D eigenvalue weighted by Crippen LogP contribution is -2.32. The zero-order valence-electron chi connectivity index (χ0n) is 11.8. The van der Waals surface area contributed by atoms with E-state index in [1.54, 1.807) is 19.1 Å². The van der Waals surface area contributed by atoms with E-state index in [1.807, 2.05) is 41.2 Å². The zero-order chi connectivity index (χ0) is 15.2. The van der Waals surface area contributed by atoms with E-state index < -0.39 is 5.97 Å². The highest BCUT2D eigenvalue weighted by Gasteiger charge is 2.11. The van der Waals surface area contributed by atoms with Crippen molar-refractivity contribution in [2.75, 3.05) is 0 Å². The van der Waals surface area contributed by atoms with Crippen molar-refractivity contribution in [3.63, 3.8) is 0 Å². The molecule has 110 valence electrons. The number of nitrogens with one attached hydrogen (secondary N) is 1. The Hall–Kier alpha value is -2.56. The summed E-state index contributed by atoms with van der Waals surface area (Å²) in [5.74, 6) is -1.05. The number of aromatic nitrogens is 1. The Labute approximate surface area is 123 Å². The highest BCUT2D eigenvalue weighted by Crippen LogP contribution is 2.11. The molecule has 0 bridgehead atoms. The lowest BCUT2D eigenvalue weighted by atomic mass is 10.1. The maximum Gasteiger partial charge on any atom is 0.303 e. The summed E-state index contributed by atoms with van der Waals surface area (Å²) in [5.41, 5.74) is 1.47. The minimum Gasteiger partial charge on any atom is -0.481 e. The van der Waals surface area contributed by atoms with Crippen molar-refractivity contribution in [3.05, 3.63) is 54.4 Å². The molecule has 0 radical (unpaired) electrons. The Morgan fingerprint density at radius 3 is 2.62 bits per heavy atom. The van der Waals surface area contributed by atoms with E-state index in [2.05, 4.69) is 5.32 Å². The predicted octanol–water partition coefficient (Wildman–Crippen LogP) is 2.46. The molecule has 0 saturated heterocycles. The fourth-order valence-electron chi connectivity index (χ4n) is 2.03. The van der Waals surface area contributed by atoms with Gasteiger partial charge in [-0.3, -0.25) is 9.59 Å². The van der Waals surface area contributed by atoms with Crippen LogP contribution in [-0.4, -0.2) is 27.6 Å². The number of benzene rings is 1. The van der Waals surface area contributed by atoms with Crippen molar-refractivity contribution in [2.24, 2.45) is 0 Å². The maximum absolute atomic E-state index is 12.2. The Morgan fingerprint density at radius 2 is 1.95 bits per heavy atom. The smallest absolute Gasteiger partial charge is 0.303 e. The number of carbonyl (C=O) groups excluding carboxylic acids is 1. The molecular formula is C16H18N2O3. The van der Waals surface area contributed by atoms with Crippen molar-refractivity contribution in [2.45, 2.75) is 25.8 Å². The quantitative estimate of drug-likeness (QED) is 0.857. The molecular weight excluding hydrogens is 268 g/mol. The highest BCUT2D eigenvalue weighted by atomic mass is 16.4. The number of hydrogen-bond acceptors (Lipinski definition) is 2.